The number of aromatic nitrogens is 4. The Kier molecular flexibility index (Phi) is 5.64. The second-order valence-corrected chi connectivity index (χ2v) is 7.64. The lowest BCUT2D eigenvalue weighted by Gasteiger charge is -2.27. The Morgan fingerprint density at radius 1 is 1.28 bits per heavy atom. The SMILES string of the molecule is COCCN1C(=O)C[C@@H](CNCc2nc3ccccc3n2C)[C@@H]1c1cnn(C)c1. The molecule has 0 aliphatic carbocycles. The second-order valence-electron chi connectivity index (χ2n) is 7.64. The van der Waals surface area contributed by atoms with E-state index in [1.807, 2.05) is 49.6 Å². The highest BCUT2D eigenvalue weighted by molar-refractivity contribution is 5.79. The molecule has 0 bridgehead atoms. The Morgan fingerprint density at radius 2 is 2.10 bits per heavy atom. The zero-order valence-electron chi connectivity index (χ0n) is 17.2. The number of imidazole rings is 1. The van der Waals surface area contributed by atoms with Gasteiger partial charge in [-0.05, 0) is 12.1 Å². The third-order valence-corrected chi connectivity index (χ3v) is 5.71. The van der Waals surface area contributed by atoms with Gasteiger partial charge in [-0.15, -0.1) is 0 Å². The molecule has 1 aliphatic rings. The fraction of sp³-hybridized carbons (Fsp3) is 0.476. The zero-order valence-corrected chi connectivity index (χ0v) is 17.2. The molecule has 29 heavy (non-hydrogen) atoms. The van der Waals surface area contributed by atoms with Gasteiger partial charge in [0.2, 0.25) is 5.91 Å². The average molecular weight is 396 g/mol. The highest BCUT2D eigenvalue weighted by Crippen LogP contribution is 2.37. The van der Waals surface area contributed by atoms with Crippen LogP contribution in [0.5, 0.6) is 0 Å². The van der Waals surface area contributed by atoms with E-state index < -0.39 is 0 Å². The van der Waals surface area contributed by atoms with Gasteiger partial charge in [-0.1, -0.05) is 12.1 Å². The maximum Gasteiger partial charge on any atom is 0.223 e. The summed E-state index contributed by atoms with van der Waals surface area (Å²) in [7, 11) is 5.60. The number of rotatable bonds is 8. The van der Waals surface area contributed by atoms with Crippen LogP contribution in [0.2, 0.25) is 0 Å². The number of aryl methyl sites for hydroxylation is 2. The summed E-state index contributed by atoms with van der Waals surface area (Å²) in [5.41, 5.74) is 3.20. The second kappa shape index (κ2) is 8.34. The van der Waals surface area contributed by atoms with E-state index in [0.29, 0.717) is 26.1 Å². The molecule has 0 radical (unpaired) electrons. The molecule has 3 aromatic rings. The van der Waals surface area contributed by atoms with Gasteiger partial charge >= 0.3 is 0 Å². The highest BCUT2D eigenvalue weighted by Gasteiger charge is 2.40. The number of ether oxygens (including phenoxy) is 1. The molecule has 1 N–H and O–H groups in total. The van der Waals surface area contributed by atoms with Crippen LogP contribution in [0.4, 0.5) is 0 Å². The minimum atomic E-state index is 0.0132. The minimum absolute atomic E-state index is 0.0132. The van der Waals surface area contributed by atoms with Crippen LogP contribution >= 0.6 is 0 Å². The van der Waals surface area contributed by atoms with Crippen molar-refractivity contribution < 1.29 is 9.53 Å². The summed E-state index contributed by atoms with van der Waals surface area (Å²) in [5, 5.41) is 7.84. The molecule has 1 fully saturated rings. The number of benzene rings is 1. The van der Waals surface area contributed by atoms with Crippen LogP contribution in [-0.2, 0) is 30.2 Å². The number of para-hydroxylation sites is 2. The summed E-state index contributed by atoms with van der Waals surface area (Å²) in [6, 6.07) is 8.15. The molecule has 0 spiro atoms. The van der Waals surface area contributed by atoms with E-state index in [9.17, 15) is 4.79 Å². The van der Waals surface area contributed by atoms with Crippen LogP contribution < -0.4 is 5.32 Å². The van der Waals surface area contributed by atoms with Crippen molar-refractivity contribution in [3.63, 3.8) is 0 Å². The first kappa shape index (κ1) is 19.6. The summed E-state index contributed by atoms with van der Waals surface area (Å²) in [5.74, 6) is 1.34. The number of carbonyl (C=O) groups is 1. The van der Waals surface area contributed by atoms with Crippen molar-refractivity contribution in [1.82, 2.24) is 29.5 Å². The van der Waals surface area contributed by atoms with Crippen molar-refractivity contribution in [2.45, 2.75) is 19.0 Å². The Labute approximate surface area is 170 Å². The number of methoxy groups -OCH3 is 1. The van der Waals surface area contributed by atoms with Crippen LogP contribution in [0, 0.1) is 5.92 Å². The van der Waals surface area contributed by atoms with E-state index in [1.54, 1.807) is 11.8 Å². The molecule has 0 unspecified atom stereocenters. The lowest BCUT2D eigenvalue weighted by Crippen LogP contribution is -2.34. The van der Waals surface area contributed by atoms with E-state index in [0.717, 1.165) is 29.0 Å². The van der Waals surface area contributed by atoms with Crippen LogP contribution in [0.3, 0.4) is 0 Å². The van der Waals surface area contributed by atoms with Crippen LogP contribution in [0.15, 0.2) is 36.7 Å². The van der Waals surface area contributed by atoms with E-state index in [-0.39, 0.29) is 17.9 Å². The fourth-order valence-corrected chi connectivity index (χ4v) is 4.27. The van der Waals surface area contributed by atoms with Gasteiger partial charge in [-0.2, -0.15) is 5.10 Å². The molecule has 1 amide bonds. The monoisotopic (exact) mass is 396 g/mol. The van der Waals surface area contributed by atoms with Gasteiger partial charge in [0.05, 0.1) is 36.4 Å². The van der Waals surface area contributed by atoms with Gasteiger partial charge < -0.3 is 19.5 Å². The van der Waals surface area contributed by atoms with Crippen LogP contribution in [0.25, 0.3) is 11.0 Å². The third-order valence-electron chi connectivity index (χ3n) is 5.71. The molecule has 0 saturated carbocycles. The Morgan fingerprint density at radius 3 is 2.83 bits per heavy atom. The Bertz CT molecular complexity index is 994. The lowest BCUT2D eigenvalue weighted by atomic mass is 9.95. The molecule has 1 aromatic carbocycles. The number of hydrogen-bond donors (Lipinski definition) is 1. The fourth-order valence-electron chi connectivity index (χ4n) is 4.27. The summed E-state index contributed by atoms with van der Waals surface area (Å²) in [6.07, 6.45) is 4.39. The molecular weight excluding hydrogens is 368 g/mol. The van der Waals surface area contributed by atoms with Gasteiger partial charge in [0.15, 0.2) is 0 Å². The summed E-state index contributed by atoms with van der Waals surface area (Å²) in [6.45, 7) is 2.52. The minimum Gasteiger partial charge on any atom is -0.383 e. The summed E-state index contributed by atoms with van der Waals surface area (Å²) < 4.78 is 9.12. The van der Waals surface area contributed by atoms with Gasteiger partial charge in [-0.25, -0.2) is 4.98 Å². The largest absolute Gasteiger partial charge is 0.383 e. The molecule has 3 heterocycles. The van der Waals surface area contributed by atoms with Crippen molar-refractivity contribution in [3.05, 3.63) is 48.0 Å². The Balaban J connectivity index is 1.47. The first-order valence-corrected chi connectivity index (χ1v) is 9.96. The number of nitrogens with one attached hydrogen (secondary N) is 1. The lowest BCUT2D eigenvalue weighted by molar-refractivity contribution is -0.129. The quantitative estimate of drug-likeness (QED) is 0.626. The standard InChI is InChI=1S/C21H28N6O2/c1-25-14-16(12-23-25)21-15(10-20(28)27(21)8-9-29-3)11-22-13-19-24-17-6-4-5-7-18(17)26(19)2/h4-7,12,14-15,21-22H,8-11,13H2,1-3H3/t15-,21+/m0/s1. The number of fused-ring (bicyclic) bond motifs is 1. The van der Waals surface area contributed by atoms with Gasteiger partial charge in [0.25, 0.3) is 0 Å². The molecule has 1 aliphatic heterocycles. The first-order valence-electron chi connectivity index (χ1n) is 9.96. The number of amides is 1. The third kappa shape index (κ3) is 3.90. The molecule has 2 atom stereocenters. The van der Waals surface area contributed by atoms with Gasteiger partial charge in [0, 0.05) is 58.4 Å². The van der Waals surface area contributed by atoms with Crippen molar-refractivity contribution in [2.75, 3.05) is 26.8 Å². The van der Waals surface area contributed by atoms with E-state index in [1.165, 1.54) is 0 Å². The summed E-state index contributed by atoms with van der Waals surface area (Å²) in [4.78, 5) is 19.3. The molecule has 4 rings (SSSR count). The number of nitrogens with zero attached hydrogens (tertiary/aromatic N) is 5. The smallest absolute Gasteiger partial charge is 0.223 e. The molecule has 154 valence electrons. The normalized spacial score (nSPS) is 19.6. The van der Waals surface area contributed by atoms with E-state index in [2.05, 4.69) is 21.0 Å². The van der Waals surface area contributed by atoms with Gasteiger partial charge in [0.1, 0.15) is 5.82 Å². The van der Waals surface area contributed by atoms with Crippen LogP contribution in [0.1, 0.15) is 23.9 Å². The predicted octanol–water partition coefficient (Wildman–Crippen LogP) is 1.63. The summed E-state index contributed by atoms with van der Waals surface area (Å²) >= 11 is 0. The van der Waals surface area contributed by atoms with Crippen LogP contribution in [-0.4, -0.2) is 56.9 Å². The van der Waals surface area contributed by atoms with Gasteiger partial charge in [-0.3, -0.25) is 9.48 Å². The maximum absolute atomic E-state index is 12.7. The van der Waals surface area contributed by atoms with Crippen molar-refractivity contribution in [1.29, 1.82) is 0 Å². The van der Waals surface area contributed by atoms with Crippen molar-refractivity contribution >= 4 is 16.9 Å². The Hall–Kier alpha value is -2.71. The van der Waals surface area contributed by atoms with Crippen molar-refractivity contribution in [3.8, 4) is 0 Å². The van der Waals surface area contributed by atoms with Crippen molar-refractivity contribution in [2.24, 2.45) is 20.0 Å². The zero-order chi connectivity index (χ0) is 20.4. The molecule has 8 heteroatoms. The first-order chi connectivity index (χ1) is 14.1. The van der Waals surface area contributed by atoms with E-state index in [4.69, 9.17) is 9.72 Å². The average Bonchev–Trinajstić information content (AvgIpc) is 3.37. The number of likely N-dealkylation sites (tertiary alicyclic amines) is 1. The van der Waals surface area contributed by atoms with E-state index >= 15 is 0 Å². The maximum atomic E-state index is 12.7. The number of carbonyl (C=O) groups excluding carboxylic acids is 1. The molecule has 1 saturated heterocycles. The number of hydrogen-bond acceptors (Lipinski definition) is 5. The predicted molar refractivity (Wildman–Crippen MR) is 110 cm³/mol. The highest BCUT2D eigenvalue weighted by atomic mass is 16.5. The molecule has 8 nitrogen and oxygen atoms in total. The molecule has 2 aromatic heterocycles. The topological polar surface area (TPSA) is 77.2 Å². The molecular formula is C21H28N6O2.